The van der Waals surface area contributed by atoms with E-state index in [1.165, 1.54) is 0 Å². The Hall–Kier alpha value is -6.90. The Balaban J connectivity index is 1.31. The van der Waals surface area contributed by atoms with Gasteiger partial charge in [0.25, 0.3) is 0 Å². The van der Waals surface area contributed by atoms with Crippen molar-refractivity contribution in [3.05, 3.63) is 222 Å². The minimum absolute atomic E-state index is 0.0360. The number of nitrogens with zero attached hydrogens (tertiary/aromatic N) is 1. The second-order valence-electron chi connectivity index (χ2n) is 13.5. The molecule has 0 fully saturated rings. The van der Waals surface area contributed by atoms with E-state index in [-0.39, 0.29) is 28.4 Å². The maximum absolute atomic E-state index is 9.85. The van der Waals surface area contributed by atoms with E-state index < -0.39 is 35.6 Å². The number of hydrogen-bond donors (Lipinski definition) is 0. The molecule has 248 valence electrons. The molecule has 2 heteroatoms. The number of fused-ring (bicyclic) bond motifs is 8. The molecule has 0 saturated heterocycles. The lowest BCUT2D eigenvalue weighted by atomic mass is 9.66. The van der Waals surface area contributed by atoms with E-state index in [0.29, 0.717) is 16.7 Å². The van der Waals surface area contributed by atoms with Crippen LogP contribution in [0.1, 0.15) is 31.8 Å². The lowest BCUT2D eigenvalue weighted by molar-refractivity contribution is 0.649. The van der Waals surface area contributed by atoms with Crippen molar-refractivity contribution in [2.75, 3.05) is 4.90 Å². The predicted molar refractivity (Wildman–Crippen MR) is 221 cm³/mol. The molecular formula is C51H33NO. The third-order valence-corrected chi connectivity index (χ3v) is 10.8. The van der Waals surface area contributed by atoms with Gasteiger partial charge < -0.3 is 9.32 Å². The molecule has 0 spiro atoms. The van der Waals surface area contributed by atoms with Crippen molar-refractivity contribution in [1.29, 1.82) is 0 Å². The summed E-state index contributed by atoms with van der Waals surface area (Å²) in [5.41, 5.74) is 6.68. The van der Waals surface area contributed by atoms with Gasteiger partial charge in [-0.2, -0.15) is 0 Å². The molecule has 1 unspecified atom stereocenters. The number of rotatable bonds is 5. The summed E-state index contributed by atoms with van der Waals surface area (Å²) in [6, 6.07) is 49.9. The van der Waals surface area contributed by atoms with Crippen molar-refractivity contribution in [1.82, 2.24) is 0 Å². The topological polar surface area (TPSA) is 16.4 Å². The Kier molecular flexibility index (Phi) is 5.14. The zero-order valence-electron chi connectivity index (χ0n) is 35.4. The van der Waals surface area contributed by atoms with Gasteiger partial charge in [0.15, 0.2) is 0 Å². The minimum Gasteiger partial charge on any atom is -0.456 e. The van der Waals surface area contributed by atoms with E-state index in [1.807, 2.05) is 97.1 Å². The SMILES string of the molecule is [2H]c1c([2H])c([2H])c2c(C3(c4cccc5c4oc4ccccc45)c4ccccc4-c4cc(N(c5ccccc5)c5ccc6ccccc6c5)ccc43)c([2H])c([2H])c([2H])c2c1[2H]. The van der Waals surface area contributed by atoms with E-state index in [0.717, 1.165) is 60.9 Å². The number of furan rings is 1. The van der Waals surface area contributed by atoms with E-state index >= 15 is 0 Å². The molecule has 2 nitrogen and oxygen atoms in total. The van der Waals surface area contributed by atoms with Gasteiger partial charge in [0.05, 0.1) is 15.0 Å². The van der Waals surface area contributed by atoms with Gasteiger partial charge in [-0.05, 0) is 91.8 Å². The summed E-state index contributed by atoms with van der Waals surface area (Å²) in [6.07, 6.45) is 0. The highest BCUT2D eigenvalue weighted by Gasteiger charge is 2.48. The predicted octanol–water partition coefficient (Wildman–Crippen LogP) is 13.7. The first-order valence-corrected chi connectivity index (χ1v) is 17.7. The van der Waals surface area contributed by atoms with Crippen LogP contribution in [-0.2, 0) is 5.41 Å². The fourth-order valence-electron chi connectivity index (χ4n) is 8.58. The van der Waals surface area contributed by atoms with Crippen LogP contribution in [0.5, 0.6) is 0 Å². The third-order valence-electron chi connectivity index (χ3n) is 10.8. The standard InChI is InChI=1S/C51H33NO/c1-2-18-37(19-3-1)52(38-29-28-34-14-4-5-16-36(34)32-38)39-30-31-47-44(33-39)41-21-8-10-24-46(41)51(47,45-25-12-17-35-15-6-7-20-40(35)45)48-26-13-23-43-42-22-9-11-27-49(42)53-50(43)48/h1-33H/i6D,7D,12D,15D,17D,20D,25D. The third kappa shape index (κ3) is 4.33. The highest BCUT2D eigenvalue weighted by molar-refractivity contribution is 6.08. The lowest BCUT2D eigenvalue weighted by Gasteiger charge is -2.35. The lowest BCUT2D eigenvalue weighted by Crippen LogP contribution is -2.29. The van der Waals surface area contributed by atoms with Crippen molar-refractivity contribution in [2.24, 2.45) is 0 Å². The molecule has 9 aromatic carbocycles. The maximum atomic E-state index is 9.85. The Morgan fingerprint density at radius 2 is 1.11 bits per heavy atom. The fraction of sp³-hybridized carbons (Fsp3) is 0.0196. The van der Waals surface area contributed by atoms with Crippen LogP contribution in [-0.4, -0.2) is 0 Å². The molecule has 0 N–H and O–H groups in total. The zero-order valence-corrected chi connectivity index (χ0v) is 28.4. The Bertz CT molecular complexity index is 3430. The molecule has 11 rings (SSSR count). The average molecular weight is 683 g/mol. The van der Waals surface area contributed by atoms with Crippen molar-refractivity contribution in [3.63, 3.8) is 0 Å². The van der Waals surface area contributed by atoms with Crippen molar-refractivity contribution >= 4 is 60.5 Å². The molecule has 10 aromatic rings. The van der Waals surface area contributed by atoms with E-state index in [2.05, 4.69) is 65.6 Å². The summed E-state index contributed by atoms with van der Waals surface area (Å²) in [5, 5.41) is 3.92. The van der Waals surface area contributed by atoms with Crippen LogP contribution >= 0.6 is 0 Å². The normalized spacial score (nSPS) is 16.7. The molecule has 0 amide bonds. The first-order chi connectivity index (χ1) is 29.2. The van der Waals surface area contributed by atoms with E-state index in [4.69, 9.17) is 9.90 Å². The molecular weight excluding hydrogens is 643 g/mol. The van der Waals surface area contributed by atoms with Gasteiger partial charge in [-0.25, -0.2) is 0 Å². The molecule has 0 saturated carbocycles. The Labute approximate surface area is 317 Å². The van der Waals surface area contributed by atoms with Crippen LogP contribution in [0.15, 0.2) is 204 Å². The van der Waals surface area contributed by atoms with Crippen LogP contribution in [0.25, 0.3) is 54.6 Å². The van der Waals surface area contributed by atoms with Crippen LogP contribution in [0.2, 0.25) is 0 Å². The molecule has 0 radical (unpaired) electrons. The molecule has 1 aliphatic carbocycles. The van der Waals surface area contributed by atoms with Gasteiger partial charge in [-0.3, -0.25) is 0 Å². The molecule has 1 aliphatic rings. The van der Waals surface area contributed by atoms with Crippen molar-refractivity contribution < 1.29 is 14.0 Å². The van der Waals surface area contributed by atoms with Crippen LogP contribution in [0.3, 0.4) is 0 Å². The number of para-hydroxylation sites is 3. The van der Waals surface area contributed by atoms with Crippen molar-refractivity contribution in [3.8, 4) is 11.1 Å². The summed E-state index contributed by atoms with van der Waals surface area (Å²) in [6.45, 7) is 0. The molecule has 0 aliphatic heterocycles. The molecule has 53 heavy (non-hydrogen) atoms. The second kappa shape index (κ2) is 11.6. The highest BCUT2D eigenvalue weighted by Crippen LogP contribution is 2.59. The monoisotopic (exact) mass is 682 g/mol. The summed E-state index contributed by atoms with van der Waals surface area (Å²) < 4.78 is 71.0. The number of hydrogen-bond acceptors (Lipinski definition) is 2. The zero-order chi connectivity index (χ0) is 41.0. The molecule has 1 aromatic heterocycles. The maximum Gasteiger partial charge on any atom is 0.140 e. The smallest absolute Gasteiger partial charge is 0.140 e. The molecule has 0 bridgehead atoms. The molecule has 1 heterocycles. The summed E-state index contributed by atoms with van der Waals surface area (Å²) in [5.74, 6) is 0. The Morgan fingerprint density at radius 3 is 2.06 bits per heavy atom. The quantitative estimate of drug-likeness (QED) is 0.180. The minimum atomic E-state index is -1.45. The fourth-order valence-corrected chi connectivity index (χ4v) is 8.58. The van der Waals surface area contributed by atoms with Gasteiger partial charge in [0, 0.05) is 33.4 Å². The first kappa shape index (κ1) is 23.6. The summed E-state index contributed by atoms with van der Waals surface area (Å²) >= 11 is 0. The molecule has 1 atom stereocenters. The van der Waals surface area contributed by atoms with Crippen LogP contribution < -0.4 is 4.90 Å². The average Bonchev–Trinajstić information content (AvgIpc) is 3.81. The Morgan fingerprint density at radius 1 is 0.415 bits per heavy atom. The van der Waals surface area contributed by atoms with Gasteiger partial charge in [-0.1, -0.05) is 158 Å². The summed E-state index contributed by atoms with van der Waals surface area (Å²) in [7, 11) is 0. The summed E-state index contributed by atoms with van der Waals surface area (Å²) in [4.78, 5) is 2.22. The largest absolute Gasteiger partial charge is 0.456 e. The number of benzene rings is 9. The van der Waals surface area contributed by atoms with Gasteiger partial charge in [-0.15, -0.1) is 0 Å². The van der Waals surface area contributed by atoms with Crippen molar-refractivity contribution in [2.45, 2.75) is 5.41 Å². The van der Waals surface area contributed by atoms with Crippen LogP contribution in [0, 0.1) is 0 Å². The van der Waals surface area contributed by atoms with Crippen LogP contribution in [0.4, 0.5) is 17.1 Å². The van der Waals surface area contributed by atoms with Gasteiger partial charge in [0.1, 0.15) is 11.2 Å². The van der Waals surface area contributed by atoms with E-state index in [1.54, 1.807) is 0 Å². The van der Waals surface area contributed by atoms with Gasteiger partial charge >= 0.3 is 0 Å². The first-order valence-electron chi connectivity index (χ1n) is 21.2. The highest BCUT2D eigenvalue weighted by atomic mass is 16.3. The second-order valence-corrected chi connectivity index (χ2v) is 13.5. The van der Waals surface area contributed by atoms with Gasteiger partial charge in [0.2, 0.25) is 0 Å². The van der Waals surface area contributed by atoms with E-state index in [9.17, 15) is 4.11 Å². The number of anilines is 3.